The van der Waals surface area contributed by atoms with Crippen molar-refractivity contribution in [3.05, 3.63) is 71.3 Å². The van der Waals surface area contributed by atoms with Crippen LogP contribution in [0.4, 0.5) is 4.39 Å². The highest BCUT2D eigenvalue weighted by Gasteiger charge is 2.45. The summed E-state index contributed by atoms with van der Waals surface area (Å²) in [5.74, 6) is -0.235. The lowest BCUT2D eigenvalue weighted by molar-refractivity contribution is -0.159. The predicted molar refractivity (Wildman–Crippen MR) is 133 cm³/mol. The van der Waals surface area contributed by atoms with Crippen molar-refractivity contribution in [1.29, 1.82) is 0 Å². The second-order valence-corrected chi connectivity index (χ2v) is 9.38. The number of benzene rings is 2. The van der Waals surface area contributed by atoms with Gasteiger partial charge >= 0.3 is 0 Å². The second kappa shape index (κ2) is 10.7. The van der Waals surface area contributed by atoms with Gasteiger partial charge in [-0.05, 0) is 56.4 Å². The van der Waals surface area contributed by atoms with Gasteiger partial charge in [0.15, 0.2) is 11.3 Å². The van der Waals surface area contributed by atoms with E-state index in [4.69, 9.17) is 9.47 Å². The standard InChI is InChI=1S/C27H30FN5O4/c1-19-24(30-31-33(19)22-11-4-3-10-21(22)28)25(34)32-15-17-37-27(18-32)13-7-6-9-20-8-2-5-12-23(20)36-16-14-29-26(27)35/h2-5,8,10-12H,6-7,9,13-18H2,1H3,(H,29,35). The number of ether oxygens (including phenoxy) is 2. The lowest BCUT2D eigenvalue weighted by atomic mass is 9.91. The number of hydrogen-bond acceptors (Lipinski definition) is 6. The van der Waals surface area contributed by atoms with Crippen molar-refractivity contribution in [2.45, 2.75) is 38.2 Å². The molecule has 0 bridgehead atoms. The molecule has 0 radical (unpaired) electrons. The number of amides is 2. The molecule has 3 heterocycles. The van der Waals surface area contributed by atoms with E-state index in [1.165, 1.54) is 10.7 Å². The van der Waals surface area contributed by atoms with Crippen molar-refractivity contribution >= 4 is 11.8 Å². The molecule has 1 N–H and O–H groups in total. The van der Waals surface area contributed by atoms with Crippen LogP contribution in [0.2, 0.25) is 0 Å². The van der Waals surface area contributed by atoms with Gasteiger partial charge in [-0.25, -0.2) is 9.07 Å². The summed E-state index contributed by atoms with van der Waals surface area (Å²) in [4.78, 5) is 28.4. The molecule has 2 aromatic carbocycles. The number of fused-ring (bicyclic) bond motifs is 1. The van der Waals surface area contributed by atoms with Gasteiger partial charge in [-0.2, -0.15) is 0 Å². The van der Waals surface area contributed by atoms with Crippen molar-refractivity contribution in [3.63, 3.8) is 0 Å². The SMILES string of the molecule is Cc1c(C(=O)N2CCOC3(CCCCc4ccccc4OCCNC3=O)C2)nnn1-c1ccccc1F. The number of hydrogen-bond donors (Lipinski definition) is 1. The van der Waals surface area contributed by atoms with E-state index in [-0.39, 0.29) is 36.3 Å². The van der Waals surface area contributed by atoms with Crippen LogP contribution < -0.4 is 10.1 Å². The third-order valence-corrected chi connectivity index (χ3v) is 6.96. The maximum atomic E-state index is 14.3. The normalized spacial score (nSPS) is 20.8. The molecule has 0 aliphatic carbocycles. The van der Waals surface area contributed by atoms with Crippen LogP contribution in [0.3, 0.4) is 0 Å². The summed E-state index contributed by atoms with van der Waals surface area (Å²) in [6.45, 7) is 2.97. The van der Waals surface area contributed by atoms with Crippen LogP contribution >= 0.6 is 0 Å². The average Bonchev–Trinajstić information content (AvgIpc) is 3.29. The summed E-state index contributed by atoms with van der Waals surface area (Å²) in [5.41, 5.74) is 0.737. The van der Waals surface area contributed by atoms with E-state index < -0.39 is 11.4 Å². The zero-order chi connectivity index (χ0) is 25.8. The molecule has 1 spiro atoms. The second-order valence-electron chi connectivity index (χ2n) is 9.38. The highest BCUT2D eigenvalue weighted by Crippen LogP contribution is 2.28. The number of morpholine rings is 1. The first kappa shape index (κ1) is 24.9. The Morgan fingerprint density at radius 1 is 1.11 bits per heavy atom. The Kier molecular flexibility index (Phi) is 7.18. The molecule has 1 aromatic heterocycles. The van der Waals surface area contributed by atoms with E-state index in [2.05, 4.69) is 21.7 Å². The minimum Gasteiger partial charge on any atom is -0.491 e. The topological polar surface area (TPSA) is 98.6 Å². The van der Waals surface area contributed by atoms with Gasteiger partial charge in [-0.1, -0.05) is 35.5 Å². The molecule has 1 atom stereocenters. The Hall–Kier alpha value is -3.79. The Morgan fingerprint density at radius 3 is 2.78 bits per heavy atom. The van der Waals surface area contributed by atoms with Crippen molar-refractivity contribution in [3.8, 4) is 11.4 Å². The number of carbonyl (C=O) groups is 2. The van der Waals surface area contributed by atoms with E-state index in [1.54, 1.807) is 30.0 Å². The van der Waals surface area contributed by atoms with Crippen LogP contribution in [-0.4, -0.2) is 70.2 Å². The molecule has 9 nitrogen and oxygen atoms in total. The summed E-state index contributed by atoms with van der Waals surface area (Å²) in [6.07, 6.45) is 2.90. The van der Waals surface area contributed by atoms with Gasteiger partial charge in [0.25, 0.3) is 11.8 Å². The van der Waals surface area contributed by atoms with E-state index in [9.17, 15) is 14.0 Å². The Balaban J connectivity index is 1.34. The molecule has 10 heteroatoms. The zero-order valence-electron chi connectivity index (χ0n) is 20.8. The number of aryl methyl sites for hydroxylation is 1. The largest absolute Gasteiger partial charge is 0.491 e. The fourth-order valence-corrected chi connectivity index (χ4v) is 4.95. The smallest absolute Gasteiger partial charge is 0.276 e. The van der Waals surface area contributed by atoms with E-state index in [0.717, 1.165) is 30.6 Å². The van der Waals surface area contributed by atoms with Gasteiger partial charge < -0.3 is 19.7 Å². The molecule has 1 saturated heterocycles. The summed E-state index contributed by atoms with van der Waals surface area (Å²) in [7, 11) is 0. The van der Waals surface area contributed by atoms with Gasteiger partial charge in [0.2, 0.25) is 0 Å². The van der Waals surface area contributed by atoms with Crippen molar-refractivity contribution in [2.75, 3.05) is 32.8 Å². The lowest BCUT2D eigenvalue weighted by Crippen LogP contribution is -2.61. The molecule has 3 aromatic rings. The quantitative estimate of drug-likeness (QED) is 0.573. The fourth-order valence-electron chi connectivity index (χ4n) is 4.95. The maximum Gasteiger partial charge on any atom is 0.276 e. The molecular weight excluding hydrogens is 477 g/mol. The van der Waals surface area contributed by atoms with Gasteiger partial charge in [-0.15, -0.1) is 5.10 Å². The van der Waals surface area contributed by atoms with E-state index in [1.807, 2.05) is 18.2 Å². The Labute approximate surface area is 214 Å². The van der Waals surface area contributed by atoms with E-state index in [0.29, 0.717) is 31.8 Å². The highest BCUT2D eigenvalue weighted by atomic mass is 19.1. The van der Waals surface area contributed by atoms with Crippen LogP contribution in [0.25, 0.3) is 5.69 Å². The number of rotatable bonds is 2. The third kappa shape index (κ3) is 5.06. The van der Waals surface area contributed by atoms with Crippen LogP contribution in [0.1, 0.15) is 41.0 Å². The molecule has 2 amide bonds. The molecular formula is C27H30FN5O4. The van der Waals surface area contributed by atoms with Crippen molar-refractivity contribution < 1.29 is 23.5 Å². The number of para-hydroxylation sites is 2. The van der Waals surface area contributed by atoms with E-state index >= 15 is 0 Å². The lowest BCUT2D eigenvalue weighted by Gasteiger charge is -2.41. The Morgan fingerprint density at radius 2 is 1.92 bits per heavy atom. The van der Waals surface area contributed by atoms with Crippen LogP contribution in [0, 0.1) is 12.7 Å². The van der Waals surface area contributed by atoms with Gasteiger partial charge in [0.05, 0.1) is 25.4 Å². The highest BCUT2D eigenvalue weighted by molar-refractivity contribution is 5.94. The molecule has 0 saturated carbocycles. The first-order valence-electron chi connectivity index (χ1n) is 12.6. The number of aromatic nitrogens is 3. The van der Waals surface area contributed by atoms with Gasteiger partial charge in [0, 0.05) is 6.54 Å². The monoisotopic (exact) mass is 507 g/mol. The summed E-state index contributed by atoms with van der Waals surface area (Å²) in [5, 5.41) is 11.0. The first-order chi connectivity index (χ1) is 18.0. The number of nitrogens with one attached hydrogen (secondary N) is 1. The Bertz CT molecular complexity index is 1300. The number of carbonyl (C=O) groups excluding carboxylic acids is 2. The van der Waals surface area contributed by atoms with Crippen molar-refractivity contribution in [1.82, 2.24) is 25.2 Å². The van der Waals surface area contributed by atoms with Gasteiger partial charge in [-0.3, -0.25) is 9.59 Å². The molecule has 194 valence electrons. The summed E-state index contributed by atoms with van der Waals surface area (Å²) >= 11 is 0. The minimum absolute atomic E-state index is 0.0983. The number of nitrogens with zero attached hydrogens (tertiary/aromatic N) is 4. The molecule has 2 aliphatic heterocycles. The maximum absolute atomic E-state index is 14.3. The van der Waals surface area contributed by atoms with Crippen LogP contribution in [-0.2, 0) is 16.0 Å². The van der Waals surface area contributed by atoms with Gasteiger partial charge in [0.1, 0.15) is 23.9 Å². The average molecular weight is 508 g/mol. The first-order valence-corrected chi connectivity index (χ1v) is 12.6. The molecule has 2 aliphatic rings. The minimum atomic E-state index is -1.16. The third-order valence-electron chi connectivity index (χ3n) is 6.96. The van der Waals surface area contributed by atoms with Crippen LogP contribution in [0.15, 0.2) is 48.5 Å². The predicted octanol–water partition coefficient (Wildman–Crippen LogP) is 2.85. The summed E-state index contributed by atoms with van der Waals surface area (Å²) in [6, 6.07) is 14.1. The fraction of sp³-hybridized carbons (Fsp3) is 0.407. The molecule has 1 unspecified atom stereocenters. The summed E-state index contributed by atoms with van der Waals surface area (Å²) < 4.78 is 27.6. The van der Waals surface area contributed by atoms with Crippen LogP contribution in [0.5, 0.6) is 5.75 Å². The molecule has 37 heavy (non-hydrogen) atoms. The zero-order valence-corrected chi connectivity index (χ0v) is 20.8. The molecule has 1 fully saturated rings. The van der Waals surface area contributed by atoms with Crippen molar-refractivity contribution in [2.24, 2.45) is 0 Å². The molecule has 5 rings (SSSR count). The number of halogens is 1.